The Kier molecular flexibility index (Phi) is 10.9. The van der Waals surface area contributed by atoms with E-state index < -0.39 is 28.3 Å². The molecule has 1 heterocycles. The summed E-state index contributed by atoms with van der Waals surface area (Å²) in [6.45, 7) is 3.71. The van der Waals surface area contributed by atoms with Crippen molar-refractivity contribution in [2.45, 2.75) is 43.9 Å². The first-order valence-electron chi connectivity index (χ1n) is 13.0. The average Bonchev–Trinajstić information content (AvgIpc) is 2.95. The predicted molar refractivity (Wildman–Crippen MR) is 148 cm³/mol. The predicted octanol–water partition coefficient (Wildman–Crippen LogP) is 3.11. The molecule has 0 unspecified atom stereocenters. The molecule has 0 bridgehead atoms. The van der Waals surface area contributed by atoms with E-state index in [1.54, 1.807) is 24.3 Å². The van der Waals surface area contributed by atoms with Gasteiger partial charge in [-0.1, -0.05) is 44.2 Å². The zero-order valence-corrected chi connectivity index (χ0v) is 24.1. The van der Waals surface area contributed by atoms with Crippen molar-refractivity contribution >= 4 is 16.1 Å². The van der Waals surface area contributed by atoms with Crippen molar-refractivity contribution in [3.8, 4) is 5.75 Å². The van der Waals surface area contributed by atoms with Gasteiger partial charge in [-0.2, -0.15) is 4.31 Å². The molecule has 0 saturated carbocycles. The second-order valence-electron chi connectivity index (χ2n) is 9.97. The van der Waals surface area contributed by atoms with E-state index in [2.05, 4.69) is 0 Å². The number of rotatable bonds is 13. The second-order valence-corrected chi connectivity index (χ2v) is 11.9. The van der Waals surface area contributed by atoms with Gasteiger partial charge in [0.2, 0.25) is 22.4 Å². The second kappa shape index (κ2) is 14.1. The molecule has 0 fully saturated rings. The number of pyridine rings is 1. The summed E-state index contributed by atoms with van der Waals surface area (Å²) < 4.78 is 40.0. The molecule has 1 aromatic heterocycles. The normalized spacial score (nSPS) is 13.2. The highest BCUT2D eigenvalue weighted by atomic mass is 32.2. The topological polar surface area (TPSA) is 120 Å². The minimum Gasteiger partial charge on any atom is -0.497 e. The molecule has 0 radical (unpaired) electrons. The van der Waals surface area contributed by atoms with Gasteiger partial charge in [-0.3, -0.25) is 5.21 Å². The highest BCUT2D eigenvalue weighted by Crippen LogP contribution is 2.23. The van der Waals surface area contributed by atoms with E-state index in [0.717, 1.165) is 10.3 Å². The number of aliphatic hydroxyl groups is 1. The SMILES string of the molecule is COc1ccc(S(=O)(=O)N(CC(C)C)C[C@@H](O)[C@H](Cc2ccccc2)N(C)C(=O)OCc2cc[n+](O)cc2)cc1. The minimum atomic E-state index is -3.96. The molecule has 1 amide bonds. The summed E-state index contributed by atoms with van der Waals surface area (Å²) in [6.07, 6.45) is 1.22. The number of likely N-dealkylation sites (N-methyl/N-ethyl adjacent to an activating group) is 1. The maximum atomic E-state index is 13.6. The fourth-order valence-electron chi connectivity index (χ4n) is 4.22. The van der Waals surface area contributed by atoms with Crippen LogP contribution in [0.5, 0.6) is 5.75 Å². The van der Waals surface area contributed by atoms with E-state index in [1.165, 1.54) is 47.9 Å². The molecule has 3 rings (SSSR count). The summed E-state index contributed by atoms with van der Waals surface area (Å²) in [7, 11) is -0.930. The number of nitrogens with zero attached hydrogens (tertiary/aromatic N) is 3. The van der Waals surface area contributed by atoms with Crippen LogP contribution >= 0.6 is 0 Å². The Bertz CT molecular complexity index is 1320. The van der Waals surface area contributed by atoms with Crippen LogP contribution in [-0.4, -0.2) is 73.4 Å². The fraction of sp³-hybridized carbons (Fsp3) is 0.379. The Morgan fingerprint density at radius 3 is 2.15 bits per heavy atom. The summed E-state index contributed by atoms with van der Waals surface area (Å²) in [5.74, 6) is 0.516. The van der Waals surface area contributed by atoms with Crippen molar-refractivity contribution in [1.82, 2.24) is 9.21 Å². The summed E-state index contributed by atoms with van der Waals surface area (Å²) >= 11 is 0. The molecule has 40 heavy (non-hydrogen) atoms. The van der Waals surface area contributed by atoms with Gasteiger partial charge in [0.1, 0.15) is 12.4 Å². The lowest BCUT2D eigenvalue weighted by Crippen LogP contribution is -2.51. The van der Waals surface area contributed by atoms with Crippen molar-refractivity contribution in [1.29, 1.82) is 0 Å². The molecule has 0 aliphatic carbocycles. The van der Waals surface area contributed by atoms with E-state index in [-0.39, 0.29) is 36.9 Å². The number of ether oxygens (including phenoxy) is 2. The molecule has 3 aromatic rings. The summed E-state index contributed by atoms with van der Waals surface area (Å²) in [6, 6.07) is 17.9. The lowest BCUT2D eigenvalue weighted by molar-refractivity contribution is -0.904. The Hall–Kier alpha value is -3.67. The van der Waals surface area contributed by atoms with Gasteiger partial charge < -0.3 is 19.5 Å². The number of methoxy groups -OCH3 is 1. The summed E-state index contributed by atoms with van der Waals surface area (Å²) in [5.41, 5.74) is 1.54. The first-order valence-corrected chi connectivity index (χ1v) is 14.4. The van der Waals surface area contributed by atoms with Crippen LogP contribution in [0.25, 0.3) is 0 Å². The Labute approximate surface area is 236 Å². The van der Waals surface area contributed by atoms with E-state index in [0.29, 0.717) is 11.3 Å². The van der Waals surface area contributed by atoms with Gasteiger partial charge in [-0.05, 0) is 42.2 Å². The average molecular weight is 573 g/mol. The first-order chi connectivity index (χ1) is 19.0. The zero-order chi connectivity index (χ0) is 29.3. The van der Waals surface area contributed by atoms with Crippen molar-refractivity contribution in [2.24, 2.45) is 5.92 Å². The van der Waals surface area contributed by atoms with Crippen molar-refractivity contribution in [3.63, 3.8) is 0 Å². The van der Waals surface area contributed by atoms with Crippen molar-refractivity contribution in [2.75, 3.05) is 27.2 Å². The van der Waals surface area contributed by atoms with Crippen molar-refractivity contribution in [3.05, 3.63) is 90.3 Å². The number of carbonyl (C=O) groups is 1. The fourth-order valence-corrected chi connectivity index (χ4v) is 5.84. The molecule has 0 saturated heterocycles. The number of hydrogen-bond acceptors (Lipinski definition) is 7. The van der Waals surface area contributed by atoms with Gasteiger partial charge in [0.15, 0.2) is 0 Å². The highest BCUT2D eigenvalue weighted by Gasteiger charge is 2.34. The van der Waals surface area contributed by atoms with Crippen LogP contribution in [0.4, 0.5) is 4.79 Å². The van der Waals surface area contributed by atoms with Crippen LogP contribution < -0.4 is 9.47 Å². The minimum absolute atomic E-state index is 0.0148. The Morgan fingerprint density at radius 1 is 0.950 bits per heavy atom. The number of carbonyl (C=O) groups excluding carboxylic acids is 1. The molecule has 0 aliphatic heterocycles. The standard InChI is InChI=1S/C29H38N3O7S/c1-22(2)19-32(40(36,37)26-12-10-25(38-4)11-13-26)20-28(33)27(18-23-8-6-5-7-9-23)30(3)29(34)39-21-24-14-16-31(35)17-15-24/h5-17,22,27-28,33,35H,18-21H2,1-4H3/q+1/t27-,28+/m0/s1. The van der Waals surface area contributed by atoms with E-state index in [9.17, 15) is 23.5 Å². The molecule has 0 spiro atoms. The third-order valence-electron chi connectivity index (χ3n) is 6.42. The van der Waals surface area contributed by atoms with Crippen LogP contribution in [0.1, 0.15) is 25.0 Å². The lowest BCUT2D eigenvalue weighted by atomic mass is 10.00. The van der Waals surface area contributed by atoms with Gasteiger partial charge in [0.05, 0.1) is 24.2 Å². The quantitative estimate of drug-likeness (QED) is 0.239. The van der Waals surface area contributed by atoms with Gasteiger partial charge >= 0.3 is 6.09 Å². The van der Waals surface area contributed by atoms with E-state index >= 15 is 0 Å². The number of sulfonamides is 1. The highest BCUT2D eigenvalue weighted by molar-refractivity contribution is 7.89. The molecule has 216 valence electrons. The largest absolute Gasteiger partial charge is 0.497 e. The third-order valence-corrected chi connectivity index (χ3v) is 8.26. The van der Waals surface area contributed by atoms with Crippen molar-refractivity contribution < 1.29 is 37.7 Å². The molecule has 0 aliphatic rings. The number of benzene rings is 2. The van der Waals surface area contributed by atoms with E-state index in [4.69, 9.17) is 9.47 Å². The summed E-state index contributed by atoms with van der Waals surface area (Å²) in [4.78, 5) is 14.4. The van der Waals surface area contributed by atoms with Crippen LogP contribution in [-0.2, 0) is 27.8 Å². The van der Waals surface area contributed by atoms with Gasteiger partial charge in [-0.15, -0.1) is 0 Å². The maximum Gasteiger partial charge on any atom is 0.410 e. The Balaban J connectivity index is 1.84. The van der Waals surface area contributed by atoms with E-state index in [1.807, 2.05) is 44.2 Å². The van der Waals surface area contributed by atoms with Crippen LogP contribution in [0.2, 0.25) is 0 Å². The van der Waals surface area contributed by atoms with Gasteiger partial charge in [0, 0.05) is 42.6 Å². The smallest absolute Gasteiger partial charge is 0.410 e. The number of aromatic nitrogens is 1. The van der Waals surface area contributed by atoms with Gasteiger partial charge in [-0.25, -0.2) is 13.2 Å². The van der Waals surface area contributed by atoms with Gasteiger partial charge in [0.25, 0.3) is 0 Å². The number of aliphatic hydroxyl groups excluding tert-OH is 1. The monoisotopic (exact) mass is 572 g/mol. The Morgan fingerprint density at radius 2 is 1.57 bits per heavy atom. The molecule has 10 nitrogen and oxygen atoms in total. The molecule has 11 heteroatoms. The van der Waals surface area contributed by atoms with Crippen LogP contribution in [0.15, 0.2) is 84.0 Å². The number of amides is 1. The third kappa shape index (κ3) is 8.41. The van der Waals surface area contributed by atoms with Crippen LogP contribution in [0, 0.1) is 5.92 Å². The lowest BCUT2D eigenvalue weighted by Gasteiger charge is -2.34. The summed E-state index contributed by atoms with van der Waals surface area (Å²) in [5, 5.41) is 20.9. The van der Waals surface area contributed by atoms with Crippen LogP contribution in [0.3, 0.4) is 0 Å². The molecule has 2 aromatic carbocycles. The molecular weight excluding hydrogens is 534 g/mol. The zero-order valence-electron chi connectivity index (χ0n) is 23.3. The number of hydrogen-bond donors (Lipinski definition) is 2. The molecule has 2 atom stereocenters. The molecular formula is C29H38N3O7S+. The maximum absolute atomic E-state index is 13.6. The molecule has 2 N–H and O–H groups in total. The first kappa shape index (κ1) is 30.9.